The van der Waals surface area contributed by atoms with Crippen molar-refractivity contribution in [3.8, 4) is 0 Å². The number of nitrogens with zero attached hydrogens (tertiary/aromatic N) is 1. The van der Waals surface area contributed by atoms with E-state index in [1.54, 1.807) is 0 Å². The number of carbonyl (C=O) groups is 3. The van der Waals surface area contributed by atoms with E-state index in [0.717, 1.165) is 16.5 Å². The van der Waals surface area contributed by atoms with Crippen LogP contribution in [0.1, 0.15) is 12.5 Å². The van der Waals surface area contributed by atoms with E-state index >= 15 is 0 Å². The predicted octanol–water partition coefficient (Wildman–Crippen LogP) is -0.499. The summed E-state index contributed by atoms with van der Waals surface area (Å²) < 4.78 is 0. The highest BCUT2D eigenvalue weighted by molar-refractivity contribution is 5.92. The summed E-state index contributed by atoms with van der Waals surface area (Å²) in [6, 6.07) is 6.22. The lowest BCUT2D eigenvalue weighted by Crippen LogP contribution is -2.61. The van der Waals surface area contributed by atoms with Gasteiger partial charge in [0.15, 0.2) is 0 Å². The molecule has 2 heterocycles. The Morgan fingerprint density at radius 3 is 2.85 bits per heavy atom. The summed E-state index contributed by atoms with van der Waals surface area (Å²) in [6.07, 6.45) is 2.10. The van der Waals surface area contributed by atoms with Crippen LogP contribution in [0.15, 0.2) is 30.5 Å². The fourth-order valence-electron chi connectivity index (χ4n) is 3.33. The first-order valence-electron chi connectivity index (χ1n) is 8.60. The van der Waals surface area contributed by atoms with Gasteiger partial charge in [-0.1, -0.05) is 18.2 Å². The summed E-state index contributed by atoms with van der Waals surface area (Å²) in [5, 5.41) is 6.79. The molecule has 0 saturated carbocycles. The third-order valence-corrected chi connectivity index (χ3v) is 4.71. The maximum atomic E-state index is 12.7. The van der Waals surface area contributed by atoms with E-state index in [1.165, 1.54) is 11.8 Å². The Kier molecular flexibility index (Phi) is 5.22. The maximum absolute atomic E-state index is 12.7. The lowest BCUT2D eigenvalue weighted by Gasteiger charge is -2.35. The number of primary amides is 1. The minimum Gasteiger partial charge on any atom is -0.368 e. The molecule has 1 saturated heterocycles. The summed E-state index contributed by atoms with van der Waals surface area (Å²) in [4.78, 5) is 41.0. The van der Waals surface area contributed by atoms with E-state index in [0.29, 0.717) is 19.6 Å². The summed E-state index contributed by atoms with van der Waals surface area (Å²) in [5.74, 6) is -1.16. The molecule has 1 aromatic carbocycles. The van der Waals surface area contributed by atoms with Crippen LogP contribution in [-0.2, 0) is 20.8 Å². The average molecular weight is 357 g/mol. The zero-order valence-corrected chi connectivity index (χ0v) is 14.6. The Bertz CT molecular complexity index is 831. The van der Waals surface area contributed by atoms with Crippen LogP contribution in [0, 0.1) is 0 Å². The van der Waals surface area contributed by atoms with Crippen molar-refractivity contribution in [2.45, 2.75) is 25.4 Å². The van der Waals surface area contributed by atoms with E-state index < -0.39 is 18.0 Å². The monoisotopic (exact) mass is 357 g/mol. The number of fused-ring (bicyclic) bond motifs is 1. The quantitative estimate of drug-likeness (QED) is 0.576. The molecule has 1 aliphatic rings. The molecule has 3 amide bonds. The van der Waals surface area contributed by atoms with Crippen LogP contribution in [0.25, 0.3) is 10.9 Å². The molecular weight excluding hydrogens is 334 g/mol. The number of aromatic amines is 1. The highest BCUT2D eigenvalue weighted by Crippen LogP contribution is 2.19. The number of benzene rings is 1. The number of amides is 3. The van der Waals surface area contributed by atoms with Crippen LogP contribution in [0.3, 0.4) is 0 Å². The second-order valence-electron chi connectivity index (χ2n) is 6.46. The molecule has 2 atom stereocenters. The first-order valence-corrected chi connectivity index (χ1v) is 8.60. The van der Waals surface area contributed by atoms with Gasteiger partial charge in [-0.25, -0.2) is 0 Å². The van der Waals surface area contributed by atoms with Crippen molar-refractivity contribution >= 4 is 28.6 Å². The number of H-pyrrole nitrogens is 1. The second-order valence-corrected chi connectivity index (χ2v) is 6.46. The number of hydrogen-bond donors (Lipinski definition) is 4. The predicted molar refractivity (Wildman–Crippen MR) is 97.2 cm³/mol. The molecule has 1 aliphatic heterocycles. The number of rotatable bonds is 5. The fraction of sp³-hybridized carbons (Fsp3) is 0.389. The number of carbonyl (C=O) groups excluding carboxylic acids is 3. The molecule has 5 N–H and O–H groups in total. The summed E-state index contributed by atoms with van der Waals surface area (Å²) in [7, 11) is 0. The van der Waals surface area contributed by atoms with Crippen molar-refractivity contribution in [1.82, 2.24) is 20.5 Å². The van der Waals surface area contributed by atoms with Crippen LogP contribution < -0.4 is 16.4 Å². The van der Waals surface area contributed by atoms with Crippen LogP contribution in [0.4, 0.5) is 0 Å². The SMILES string of the molecule is CC(=O)N1CCNCC1C(=O)NC(Cc1c[nH]c2ccccc12)C(N)=O. The van der Waals surface area contributed by atoms with Crippen molar-refractivity contribution in [2.24, 2.45) is 5.73 Å². The number of hydrogen-bond acceptors (Lipinski definition) is 4. The van der Waals surface area contributed by atoms with Crippen molar-refractivity contribution in [2.75, 3.05) is 19.6 Å². The van der Waals surface area contributed by atoms with Crippen molar-refractivity contribution in [3.63, 3.8) is 0 Å². The Morgan fingerprint density at radius 1 is 1.35 bits per heavy atom. The van der Waals surface area contributed by atoms with Crippen LogP contribution >= 0.6 is 0 Å². The average Bonchev–Trinajstić information content (AvgIpc) is 3.04. The minimum atomic E-state index is -0.850. The number of nitrogens with two attached hydrogens (primary N) is 1. The highest BCUT2D eigenvalue weighted by Gasteiger charge is 2.32. The number of aromatic nitrogens is 1. The molecule has 8 nitrogen and oxygen atoms in total. The topological polar surface area (TPSA) is 120 Å². The molecule has 2 unspecified atom stereocenters. The smallest absolute Gasteiger partial charge is 0.244 e. The molecule has 138 valence electrons. The standard InChI is InChI=1S/C18H23N5O3/c1-11(24)23-7-6-20-10-16(23)18(26)22-15(17(19)25)8-12-9-21-14-5-3-2-4-13(12)14/h2-5,9,15-16,20-21H,6-8,10H2,1H3,(H2,19,25)(H,22,26). The zero-order chi connectivity index (χ0) is 18.7. The molecule has 8 heteroatoms. The van der Waals surface area contributed by atoms with Gasteiger partial charge in [-0.05, 0) is 11.6 Å². The first-order chi connectivity index (χ1) is 12.5. The Morgan fingerprint density at radius 2 is 2.12 bits per heavy atom. The third kappa shape index (κ3) is 3.70. The number of nitrogens with one attached hydrogen (secondary N) is 3. The molecule has 1 aromatic heterocycles. The van der Waals surface area contributed by atoms with Crippen LogP contribution in [-0.4, -0.2) is 59.3 Å². The molecular formula is C18H23N5O3. The molecule has 0 radical (unpaired) electrons. The van der Waals surface area contributed by atoms with Gasteiger partial charge in [0.1, 0.15) is 12.1 Å². The molecule has 0 bridgehead atoms. The normalized spacial score (nSPS) is 18.5. The van der Waals surface area contributed by atoms with Gasteiger partial charge in [-0.3, -0.25) is 14.4 Å². The van der Waals surface area contributed by atoms with Gasteiger partial charge < -0.3 is 26.3 Å². The zero-order valence-electron chi connectivity index (χ0n) is 14.6. The van der Waals surface area contributed by atoms with E-state index in [9.17, 15) is 14.4 Å². The molecule has 1 fully saturated rings. The van der Waals surface area contributed by atoms with Gasteiger partial charge >= 0.3 is 0 Å². The number of piperazine rings is 1. The lowest BCUT2D eigenvalue weighted by molar-refractivity contribution is -0.140. The van der Waals surface area contributed by atoms with E-state index in [2.05, 4.69) is 15.6 Å². The van der Waals surface area contributed by atoms with Crippen molar-refractivity contribution < 1.29 is 14.4 Å². The molecule has 2 aromatic rings. The van der Waals surface area contributed by atoms with Crippen molar-refractivity contribution in [3.05, 3.63) is 36.0 Å². The Balaban J connectivity index is 1.75. The highest BCUT2D eigenvalue weighted by atomic mass is 16.2. The minimum absolute atomic E-state index is 0.168. The Hall–Kier alpha value is -2.87. The van der Waals surface area contributed by atoms with E-state index in [1.807, 2.05) is 30.5 Å². The summed E-state index contributed by atoms with van der Waals surface area (Å²) in [6.45, 7) is 2.88. The number of para-hydroxylation sites is 1. The molecule has 0 aliphatic carbocycles. The maximum Gasteiger partial charge on any atom is 0.244 e. The molecule has 3 rings (SSSR count). The first kappa shape index (κ1) is 17.9. The summed E-state index contributed by atoms with van der Waals surface area (Å²) >= 11 is 0. The van der Waals surface area contributed by atoms with Gasteiger partial charge in [0.2, 0.25) is 17.7 Å². The molecule has 26 heavy (non-hydrogen) atoms. The van der Waals surface area contributed by atoms with Gasteiger partial charge in [0, 0.05) is 50.1 Å². The van der Waals surface area contributed by atoms with E-state index in [-0.39, 0.29) is 18.2 Å². The van der Waals surface area contributed by atoms with Crippen molar-refractivity contribution in [1.29, 1.82) is 0 Å². The lowest BCUT2D eigenvalue weighted by atomic mass is 10.0. The Labute approximate surface area is 151 Å². The van der Waals surface area contributed by atoms with Gasteiger partial charge in [-0.15, -0.1) is 0 Å². The van der Waals surface area contributed by atoms with Crippen LogP contribution in [0.5, 0.6) is 0 Å². The fourth-order valence-corrected chi connectivity index (χ4v) is 3.33. The largest absolute Gasteiger partial charge is 0.368 e. The third-order valence-electron chi connectivity index (χ3n) is 4.71. The van der Waals surface area contributed by atoms with Crippen LogP contribution in [0.2, 0.25) is 0 Å². The summed E-state index contributed by atoms with van der Waals surface area (Å²) in [5.41, 5.74) is 7.36. The van der Waals surface area contributed by atoms with E-state index in [4.69, 9.17) is 5.73 Å². The second kappa shape index (κ2) is 7.57. The molecule has 0 spiro atoms. The van der Waals surface area contributed by atoms with Gasteiger partial charge in [0.05, 0.1) is 0 Å². The van der Waals surface area contributed by atoms with Gasteiger partial charge in [0.25, 0.3) is 0 Å². The van der Waals surface area contributed by atoms with Gasteiger partial charge in [-0.2, -0.15) is 0 Å².